The van der Waals surface area contributed by atoms with Crippen LogP contribution in [-0.4, -0.2) is 43.3 Å². The fourth-order valence-electron chi connectivity index (χ4n) is 2.10. The summed E-state index contributed by atoms with van der Waals surface area (Å²) in [7, 11) is 0. The monoisotopic (exact) mass is 228 g/mol. The molecule has 0 saturated carbocycles. The van der Waals surface area contributed by atoms with E-state index >= 15 is 0 Å². The average Bonchev–Trinajstić information content (AvgIpc) is 2.24. The van der Waals surface area contributed by atoms with Crippen LogP contribution in [0.4, 0.5) is 0 Å². The summed E-state index contributed by atoms with van der Waals surface area (Å²) in [5.74, 6) is 0. The number of ether oxygens (including phenoxy) is 1. The molecule has 2 N–H and O–H groups in total. The molecule has 0 aromatic carbocycles. The van der Waals surface area contributed by atoms with Crippen molar-refractivity contribution >= 4 is 0 Å². The summed E-state index contributed by atoms with van der Waals surface area (Å²) in [6.45, 7) is 12.8. The fourth-order valence-corrected chi connectivity index (χ4v) is 2.10. The number of nitrogens with two attached hydrogens (primary N) is 1. The second kappa shape index (κ2) is 5.99. The SMILES string of the molecule is CCC1COCCN1CCC(N)C(C)(C)C. The van der Waals surface area contributed by atoms with Gasteiger partial charge in [-0.25, -0.2) is 0 Å². The molecule has 0 aliphatic carbocycles. The van der Waals surface area contributed by atoms with E-state index in [1.165, 1.54) is 6.42 Å². The van der Waals surface area contributed by atoms with Crippen LogP contribution in [0.15, 0.2) is 0 Å². The van der Waals surface area contributed by atoms with Crippen LogP contribution in [0, 0.1) is 5.41 Å². The number of hydrogen-bond donors (Lipinski definition) is 1. The van der Waals surface area contributed by atoms with Crippen LogP contribution in [0.25, 0.3) is 0 Å². The minimum Gasteiger partial charge on any atom is -0.378 e. The molecule has 2 atom stereocenters. The summed E-state index contributed by atoms with van der Waals surface area (Å²) < 4.78 is 5.50. The molecule has 0 aromatic heterocycles. The van der Waals surface area contributed by atoms with Crippen LogP contribution in [0.3, 0.4) is 0 Å². The van der Waals surface area contributed by atoms with Gasteiger partial charge in [0.1, 0.15) is 0 Å². The van der Waals surface area contributed by atoms with Crippen molar-refractivity contribution in [2.75, 3.05) is 26.3 Å². The molecular weight excluding hydrogens is 200 g/mol. The Morgan fingerprint density at radius 2 is 2.12 bits per heavy atom. The third-order valence-electron chi connectivity index (χ3n) is 3.66. The predicted octanol–water partition coefficient (Wildman–Crippen LogP) is 1.86. The molecule has 0 bridgehead atoms. The molecule has 0 amide bonds. The van der Waals surface area contributed by atoms with E-state index in [2.05, 4.69) is 32.6 Å². The second-order valence-corrected chi connectivity index (χ2v) is 5.93. The molecule has 16 heavy (non-hydrogen) atoms. The largest absolute Gasteiger partial charge is 0.378 e. The molecule has 0 radical (unpaired) electrons. The van der Waals surface area contributed by atoms with E-state index in [-0.39, 0.29) is 11.5 Å². The number of rotatable bonds is 4. The van der Waals surface area contributed by atoms with Crippen LogP contribution in [0.1, 0.15) is 40.5 Å². The molecule has 0 aromatic rings. The summed E-state index contributed by atoms with van der Waals surface area (Å²) in [5, 5.41) is 0. The number of hydrogen-bond acceptors (Lipinski definition) is 3. The summed E-state index contributed by atoms with van der Waals surface area (Å²) in [5.41, 5.74) is 6.41. The van der Waals surface area contributed by atoms with Gasteiger partial charge in [-0.2, -0.15) is 0 Å². The van der Waals surface area contributed by atoms with Crippen molar-refractivity contribution in [1.29, 1.82) is 0 Å². The summed E-state index contributed by atoms with van der Waals surface area (Å²) in [6.07, 6.45) is 2.25. The number of morpholine rings is 1. The first-order valence-corrected chi connectivity index (χ1v) is 6.52. The molecule has 1 saturated heterocycles. The highest BCUT2D eigenvalue weighted by Crippen LogP contribution is 2.21. The lowest BCUT2D eigenvalue weighted by atomic mass is 9.85. The topological polar surface area (TPSA) is 38.5 Å². The van der Waals surface area contributed by atoms with E-state index in [1.807, 2.05) is 0 Å². The van der Waals surface area contributed by atoms with E-state index in [1.54, 1.807) is 0 Å². The Morgan fingerprint density at radius 3 is 2.69 bits per heavy atom. The Bertz CT molecular complexity index is 201. The third kappa shape index (κ3) is 4.04. The first-order valence-electron chi connectivity index (χ1n) is 6.52. The van der Waals surface area contributed by atoms with Gasteiger partial charge < -0.3 is 10.5 Å². The van der Waals surface area contributed by atoms with Gasteiger partial charge in [0, 0.05) is 25.2 Å². The summed E-state index contributed by atoms with van der Waals surface area (Å²) >= 11 is 0. The van der Waals surface area contributed by atoms with Gasteiger partial charge in [0.2, 0.25) is 0 Å². The highest BCUT2D eigenvalue weighted by Gasteiger charge is 2.25. The molecule has 0 spiro atoms. The van der Waals surface area contributed by atoms with Crippen LogP contribution in [0.5, 0.6) is 0 Å². The van der Waals surface area contributed by atoms with Crippen LogP contribution in [0.2, 0.25) is 0 Å². The second-order valence-electron chi connectivity index (χ2n) is 5.93. The first kappa shape index (κ1) is 13.9. The zero-order chi connectivity index (χ0) is 12.2. The first-order chi connectivity index (χ1) is 7.45. The Kier molecular flexibility index (Phi) is 5.22. The van der Waals surface area contributed by atoms with Gasteiger partial charge in [-0.3, -0.25) is 4.90 Å². The van der Waals surface area contributed by atoms with E-state index in [0.29, 0.717) is 6.04 Å². The lowest BCUT2D eigenvalue weighted by Gasteiger charge is -2.37. The predicted molar refractivity (Wildman–Crippen MR) is 68.5 cm³/mol. The van der Waals surface area contributed by atoms with Gasteiger partial charge in [0.05, 0.1) is 13.2 Å². The van der Waals surface area contributed by atoms with Crippen molar-refractivity contribution in [3.63, 3.8) is 0 Å². The lowest BCUT2D eigenvalue weighted by molar-refractivity contribution is -0.0108. The maximum atomic E-state index is 6.20. The smallest absolute Gasteiger partial charge is 0.0622 e. The van der Waals surface area contributed by atoms with Gasteiger partial charge in [-0.15, -0.1) is 0 Å². The highest BCUT2D eigenvalue weighted by molar-refractivity contribution is 4.80. The maximum absolute atomic E-state index is 6.20. The quantitative estimate of drug-likeness (QED) is 0.798. The molecule has 3 heteroatoms. The molecule has 2 unspecified atom stereocenters. The van der Waals surface area contributed by atoms with E-state index in [9.17, 15) is 0 Å². The zero-order valence-electron chi connectivity index (χ0n) is 11.3. The van der Waals surface area contributed by atoms with Crippen molar-refractivity contribution in [2.24, 2.45) is 11.1 Å². The Balaban J connectivity index is 2.35. The molecule has 1 aliphatic heterocycles. The van der Waals surface area contributed by atoms with Gasteiger partial charge in [0.15, 0.2) is 0 Å². The summed E-state index contributed by atoms with van der Waals surface area (Å²) in [6, 6.07) is 0.883. The number of nitrogens with zero attached hydrogens (tertiary/aromatic N) is 1. The van der Waals surface area contributed by atoms with Gasteiger partial charge in [-0.1, -0.05) is 27.7 Å². The zero-order valence-corrected chi connectivity index (χ0v) is 11.3. The van der Waals surface area contributed by atoms with Crippen LogP contribution >= 0.6 is 0 Å². The van der Waals surface area contributed by atoms with Crippen LogP contribution in [-0.2, 0) is 4.74 Å². The fraction of sp³-hybridized carbons (Fsp3) is 1.00. The van der Waals surface area contributed by atoms with E-state index in [0.717, 1.165) is 32.7 Å². The Labute approximate surface area is 100 Å². The Hall–Kier alpha value is -0.120. The normalized spacial score (nSPS) is 25.7. The summed E-state index contributed by atoms with van der Waals surface area (Å²) in [4.78, 5) is 2.54. The van der Waals surface area contributed by atoms with E-state index in [4.69, 9.17) is 10.5 Å². The van der Waals surface area contributed by atoms with Crippen molar-refractivity contribution in [2.45, 2.75) is 52.6 Å². The molecular formula is C13H28N2O. The van der Waals surface area contributed by atoms with Crippen molar-refractivity contribution in [1.82, 2.24) is 4.90 Å². The van der Waals surface area contributed by atoms with E-state index < -0.39 is 0 Å². The Morgan fingerprint density at radius 1 is 1.44 bits per heavy atom. The molecule has 1 fully saturated rings. The van der Waals surface area contributed by atoms with Gasteiger partial charge >= 0.3 is 0 Å². The molecule has 3 nitrogen and oxygen atoms in total. The standard InChI is InChI=1S/C13H28N2O/c1-5-11-10-16-9-8-15(11)7-6-12(14)13(2,3)4/h11-12H,5-10,14H2,1-4H3. The van der Waals surface area contributed by atoms with Gasteiger partial charge in [-0.05, 0) is 18.3 Å². The van der Waals surface area contributed by atoms with Gasteiger partial charge in [0.25, 0.3) is 0 Å². The van der Waals surface area contributed by atoms with Crippen molar-refractivity contribution < 1.29 is 4.74 Å². The molecule has 96 valence electrons. The average molecular weight is 228 g/mol. The third-order valence-corrected chi connectivity index (χ3v) is 3.66. The highest BCUT2D eigenvalue weighted by atomic mass is 16.5. The minimum atomic E-state index is 0.216. The minimum absolute atomic E-state index is 0.216. The maximum Gasteiger partial charge on any atom is 0.0622 e. The molecule has 1 rings (SSSR count). The van der Waals surface area contributed by atoms with Crippen LogP contribution < -0.4 is 5.73 Å². The van der Waals surface area contributed by atoms with Crippen molar-refractivity contribution in [3.8, 4) is 0 Å². The van der Waals surface area contributed by atoms with Crippen molar-refractivity contribution in [3.05, 3.63) is 0 Å². The molecule has 1 aliphatic rings. The molecule has 1 heterocycles. The lowest BCUT2D eigenvalue weighted by Crippen LogP contribution is -2.47.